The minimum atomic E-state index is -3.74. The van der Waals surface area contributed by atoms with E-state index in [9.17, 15) is 8.42 Å². The second-order valence-electron chi connectivity index (χ2n) is 3.47. The number of anilines is 1. The van der Waals surface area contributed by atoms with E-state index in [4.69, 9.17) is 16.3 Å². The topological polar surface area (TPSA) is 81.2 Å². The Morgan fingerprint density at radius 1 is 1.26 bits per heavy atom. The number of ether oxygens (including phenoxy) is 1. The fourth-order valence-corrected chi connectivity index (χ4v) is 2.52. The van der Waals surface area contributed by atoms with Gasteiger partial charge in [0.2, 0.25) is 5.28 Å². The van der Waals surface area contributed by atoms with Crippen LogP contribution < -0.4 is 9.46 Å². The number of aromatic nitrogens is 2. The highest BCUT2D eigenvalue weighted by molar-refractivity contribution is 7.92. The summed E-state index contributed by atoms with van der Waals surface area (Å²) in [7, 11) is -2.36. The first kappa shape index (κ1) is 13.6. The average molecular weight is 300 g/mol. The molecule has 0 saturated heterocycles. The molecule has 0 atom stereocenters. The van der Waals surface area contributed by atoms with E-state index in [2.05, 4.69) is 14.7 Å². The first-order valence-electron chi connectivity index (χ1n) is 5.17. The quantitative estimate of drug-likeness (QED) is 0.873. The summed E-state index contributed by atoms with van der Waals surface area (Å²) in [6.45, 7) is 0. The minimum absolute atomic E-state index is 0.00801. The second-order valence-corrected chi connectivity index (χ2v) is 5.50. The molecule has 1 aromatic carbocycles. The predicted octanol–water partition coefficient (Wildman–Crippen LogP) is 1.94. The molecule has 1 aromatic heterocycles. The zero-order valence-corrected chi connectivity index (χ0v) is 11.4. The van der Waals surface area contributed by atoms with Gasteiger partial charge in [0, 0.05) is 0 Å². The molecule has 2 aromatic rings. The Balaban J connectivity index is 2.38. The lowest BCUT2D eigenvalue weighted by molar-refractivity contribution is 0.413. The van der Waals surface area contributed by atoms with E-state index in [0.717, 1.165) is 0 Å². The van der Waals surface area contributed by atoms with Crippen LogP contribution in [0.4, 0.5) is 5.82 Å². The molecule has 0 aliphatic heterocycles. The minimum Gasteiger partial charge on any atom is -0.491 e. The van der Waals surface area contributed by atoms with Gasteiger partial charge in [0.15, 0.2) is 11.6 Å². The normalized spacial score (nSPS) is 11.1. The average Bonchev–Trinajstić information content (AvgIpc) is 2.39. The van der Waals surface area contributed by atoms with Gasteiger partial charge in [-0.25, -0.2) is 13.4 Å². The number of sulfonamides is 1. The largest absolute Gasteiger partial charge is 0.491 e. The number of benzene rings is 1. The van der Waals surface area contributed by atoms with Gasteiger partial charge in [-0.05, 0) is 23.7 Å². The Morgan fingerprint density at radius 2 is 1.95 bits per heavy atom. The van der Waals surface area contributed by atoms with Gasteiger partial charge < -0.3 is 4.74 Å². The molecule has 0 saturated carbocycles. The monoisotopic (exact) mass is 299 g/mol. The number of hydrogen-bond donors (Lipinski definition) is 1. The Hall–Kier alpha value is -1.86. The molecule has 0 aliphatic rings. The first-order chi connectivity index (χ1) is 9.03. The van der Waals surface area contributed by atoms with Gasteiger partial charge in [-0.1, -0.05) is 18.2 Å². The van der Waals surface area contributed by atoms with E-state index in [0.29, 0.717) is 0 Å². The van der Waals surface area contributed by atoms with E-state index in [1.165, 1.54) is 25.4 Å². The number of methoxy groups -OCH3 is 1. The Bertz CT molecular complexity index is 677. The van der Waals surface area contributed by atoms with E-state index < -0.39 is 10.0 Å². The van der Waals surface area contributed by atoms with Crippen molar-refractivity contribution in [3.8, 4) is 5.75 Å². The lowest BCUT2D eigenvalue weighted by atomic mass is 10.4. The summed E-state index contributed by atoms with van der Waals surface area (Å²) in [6, 6.07) is 7.91. The van der Waals surface area contributed by atoms with Crippen LogP contribution in [0.3, 0.4) is 0 Å². The molecule has 100 valence electrons. The Morgan fingerprint density at radius 3 is 2.58 bits per heavy atom. The van der Waals surface area contributed by atoms with Crippen molar-refractivity contribution in [3.05, 3.63) is 41.8 Å². The van der Waals surface area contributed by atoms with Gasteiger partial charge in [0.25, 0.3) is 10.0 Å². The molecule has 19 heavy (non-hydrogen) atoms. The van der Waals surface area contributed by atoms with Crippen LogP contribution in [0, 0.1) is 0 Å². The third-order valence-electron chi connectivity index (χ3n) is 2.23. The van der Waals surface area contributed by atoms with Crippen molar-refractivity contribution >= 4 is 27.4 Å². The summed E-state index contributed by atoms with van der Waals surface area (Å²) in [4.78, 5) is 7.62. The zero-order chi connectivity index (χ0) is 13.9. The molecule has 0 amide bonds. The van der Waals surface area contributed by atoms with E-state index in [1.807, 2.05) is 0 Å². The van der Waals surface area contributed by atoms with Crippen molar-refractivity contribution < 1.29 is 13.2 Å². The molecule has 6 nitrogen and oxygen atoms in total. The van der Waals surface area contributed by atoms with Crippen LogP contribution in [0.25, 0.3) is 0 Å². The molecular weight excluding hydrogens is 290 g/mol. The molecule has 0 fully saturated rings. The maximum atomic E-state index is 12.1. The van der Waals surface area contributed by atoms with Gasteiger partial charge in [0.1, 0.15) is 0 Å². The number of halogens is 1. The van der Waals surface area contributed by atoms with Crippen molar-refractivity contribution in [1.29, 1.82) is 0 Å². The van der Waals surface area contributed by atoms with E-state index >= 15 is 0 Å². The molecule has 0 spiro atoms. The summed E-state index contributed by atoms with van der Waals surface area (Å²) in [6.07, 6.45) is 1.29. The molecule has 0 aliphatic carbocycles. The number of nitrogens with zero attached hydrogens (tertiary/aromatic N) is 2. The van der Waals surface area contributed by atoms with Gasteiger partial charge in [0.05, 0.1) is 18.2 Å². The molecule has 8 heteroatoms. The lowest BCUT2D eigenvalue weighted by Crippen LogP contribution is -2.14. The summed E-state index contributed by atoms with van der Waals surface area (Å²) in [5.41, 5.74) is 0. The summed E-state index contributed by atoms with van der Waals surface area (Å²) < 4.78 is 31.5. The molecule has 1 heterocycles. The Labute approximate surface area is 115 Å². The SMILES string of the molecule is COc1cnc(Cl)nc1NS(=O)(=O)c1ccccc1. The fourth-order valence-electron chi connectivity index (χ4n) is 1.36. The summed E-state index contributed by atoms with van der Waals surface area (Å²) >= 11 is 5.64. The van der Waals surface area contributed by atoms with Crippen molar-refractivity contribution in [2.24, 2.45) is 0 Å². The van der Waals surface area contributed by atoms with Crippen LogP contribution in [0.2, 0.25) is 5.28 Å². The number of nitrogens with one attached hydrogen (secondary N) is 1. The Kier molecular flexibility index (Phi) is 3.87. The van der Waals surface area contributed by atoms with Gasteiger partial charge in [-0.2, -0.15) is 4.98 Å². The maximum Gasteiger partial charge on any atom is 0.263 e. The van der Waals surface area contributed by atoms with Crippen molar-refractivity contribution in [2.75, 3.05) is 11.8 Å². The highest BCUT2D eigenvalue weighted by Gasteiger charge is 2.17. The number of hydrogen-bond acceptors (Lipinski definition) is 5. The zero-order valence-electron chi connectivity index (χ0n) is 9.87. The highest BCUT2D eigenvalue weighted by atomic mass is 35.5. The molecule has 2 rings (SSSR count). The van der Waals surface area contributed by atoms with E-state index in [1.54, 1.807) is 18.2 Å². The highest BCUT2D eigenvalue weighted by Crippen LogP contribution is 2.24. The molecular formula is C11H10ClN3O3S. The van der Waals surface area contributed by atoms with Crippen LogP contribution in [-0.2, 0) is 10.0 Å². The fraction of sp³-hybridized carbons (Fsp3) is 0.0909. The first-order valence-corrected chi connectivity index (χ1v) is 7.03. The smallest absolute Gasteiger partial charge is 0.263 e. The third-order valence-corrected chi connectivity index (χ3v) is 3.77. The van der Waals surface area contributed by atoms with E-state index in [-0.39, 0.29) is 21.7 Å². The molecule has 1 N–H and O–H groups in total. The molecule has 0 radical (unpaired) electrons. The van der Waals surface area contributed by atoms with Crippen molar-refractivity contribution in [1.82, 2.24) is 9.97 Å². The van der Waals surface area contributed by atoms with Crippen LogP contribution in [0.15, 0.2) is 41.4 Å². The van der Waals surface area contributed by atoms with Gasteiger partial charge >= 0.3 is 0 Å². The molecule has 0 bridgehead atoms. The summed E-state index contributed by atoms with van der Waals surface area (Å²) in [5.74, 6) is 0.176. The van der Waals surface area contributed by atoms with Gasteiger partial charge in [-0.3, -0.25) is 4.72 Å². The summed E-state index contributed by atoms with van der Waals surface area (Å²) in [5, 5.41) is -0.0773. The van der Waals surface area contributed by atoms with Crippen LogP contribution >= 0.6 is 11.6 Å². The number of rotatable bonds is 4. The third kappa shape index (κ3) is 3.12. The predicted molar refractivity (Wildman–Crippen MR) is 70.8 cm³/mol. The van der Waals surface area contributed by atoms with Gasteiger partial charge in [-0.15, -0.1) is 0 Å². The van der Waals surface area contributed by atoms with Crippen molar-refractivity contribution in [3.63, 3.8) is 0 Å². The lowest BCUT2D eigenvalue weighted by Gasteiger charge is -2.10. The van der Waals surface area contributed by atoms with Crippen LogP contribution in [-0.4, -0.2) is 25.5 Å². The molecule has 0 unspecified atom stereocenters. The maximum absolute atomic E-state index is 12.1. The standard InChI is InChI=1S/C11H10ClN3O3S/c1-18-9-7-13-11(12)14-10(9)15-19(16,17)8-5-3-2-4-6-8/h2-7H,1H3,(H,13,14,15). The van der Waals surface area contributed by atoms with Crippen LogP contribution in [0.5, 0.6) is 5.75 Å². The van der Waals surface area contributed by atoms with Crippen molar-refractivity contribution in [2.45, 2.75) is 4.90 Å². The second kappa shape index (κ2) is 5.41. The van der Waals surface area contributed by atoms with Crippen LogP contribution in [0.1, 0.15) is 0 Å².